The van der Waals surface area contributed by atoms with Gasteiger partial charge in [0.15, 0.2) is 5.13 Å². The second-order valence-electron chi connectivity index (χ2n) is 8.65. The summed E-state index contributed by atoms with van der Waals surface area (Å²) in [6.07, 6.45) is 3.41. The van der Waals surface area contributed by atoms with Crippen LogP contribution in [0.15, 0.2) is 58.9 Å². The van der Waals surface area contributed by atoms with Crippen molar-refractivity contribution < 1.29 is 4.79 Å². The number of thioether (sulfide) groups is 1. The van der Waals surface area contributed by atoms with Crippen molar-refractivity contribution in [2.24, 2.45) is 5.92 Å². The molecule has 1 aliphatic carbocycles. The SMILES string of the molecule is CC1CCc2nc(SCCC(=O)Nc3nc(-c4ccc5ccccc5c4)cs3)c(C#N)cc2C1. The lowest BCUT2D eigenvalue weighted by Gasteiger charge is -2.21. The van der Waals surface area contributed by atoms with Gasteiger partial charge in [-0.05, 0) is 53.6 Å². The summed E-state index contributed by atoms with van der Waals surface area (Å²) in [5.41, 5.74) is 4.80. The molecule has 1 N–H and O–H groups in total. The third kappa shape index (κ3) is 4.98. The van der Waals surface area contributed by atoms with Crippen molar-refractivity contribution >= 4 is 44.9 Å². The number of nitrogens with one attached hydrogen (secondary N) is 1. The van der Waals surface area contributed by atoms with Crippen molar-refractivity contribution in [2.45, 2.75) is 37.6 Å². The Kier molecular flexibility index (Phi) is 6.61. The normalized spacial score (nSPS) is 15.0. The first-order valence-corrected chi connectivity index (χ1v) is 13.3. The van der Waals surface area contributed by atoms with Gasteiger partial charge < -0.3 is 5.32 Å². The molecule has 0 fully saturated rings. The number of carbonyl (C=O) groups excluding carboxylic acids is 1. The molecule has 0 bridgehead atoms. The molecule has 1 atom stereocenters. The zero-order valence-electron chi connectivity index (χ0n) is 18.9. The van der Waals surface area contributed by atoms with Crippen LogP contribution >= 0.6 is 23.1 Å². The summed E-state index contributed by atoms with van der Waals surface area (Å²) in [5, 5.41) is 18.1. The molecule has 2 aromatic heterocycles. The minimum absolute atomic E-state index is 0.0859. The van der Waals surface area contributed by atoms with Gasteiger partial charge in [0, 0.05) is 28.8 Å². The Bertz CT molecular complexity index is 1410. The first kappa shape index (κ1) is 22.6. The first-order chi connectivity index (χ1) is 16.6. The van der Waals surface area contributed by atoms with Gasteiger partial charge in [-0.15, -0.1) is 23.1 Å². The largest absolute Gasteiger partial charge is 0.302 e. The number of nitriles is 1. The number of nitrogens with zero attached hydrogens (tertiary/aromatic N) is 3. The van der Waals surface area contributed by atoms with Crippen LogP contribution in [0.5, 0.6) is 0 Å². The molecule has 1 aliphatic rings. The Balaban J connectivity index is 1.19. The van der Waals surface area contributed by atoms with Crippen LogP contribution in [0.2, 0.25) is 0 Å². The molecule has 1 amide bonds. The molecule has 1 unspecified atom stereocenters. The predicted octanol–water partition coefficient (Wildman–Crippen LogP) is 6.48. The maximum absolute atomic E-state index is 12.5. The van der Waals surface area contributed by atoms with E-state index in [1.807, 2.05) is 23.6 Å². The molecule has 34 heavy (non-hydrogen) atoms. The van der Waals surface area contributed by atoms with Crippen LogP contribution in [0.1, 0.15) is 36.6 Å². The lowest BCUT2D eigenvalue weighted by Crippen LogP contribution is -2.14. The van der Waals surface area contributed by atoms with Gasteiger partial charge in [0.2, 0.25) is 5.91 Å². The van der Waals surface area contributed by atoms with Crippen molar-refractivity contribution in [3.8, 4) is 17.3 Å². The van der Waals surface area contributed by atoms with Crippen LogP contribution < -0.4 is 5.32 Å². The van der Waals surface area contributed by atoms with E-state index in [-0.39, 0.29) is 5.91 Å². The lowest BCUT2D eigenvalue weighted by molar-refractivity contribution is -0.115. The maximum Gasteiger partial charge on any atom is 0.226 e. The Morgan fingerprint density at radius 2 is 2.06 bits per heavy atom. The number of rotatable bonds is 6. The van der Waals surface area contributed by atoms with Gasteiger partial charge >= 0.3 is 0 Å². The Morgan fingerprint density at radius 1 is 1.21 bits per heavy atom. The van der Waals surface area contributed by atoms with Gasteiger partial charge in [0.25, 0.3) is 0 Å². The molecule has 2 aromatic carbocycles. The number of hydrogen-bond acceptors (Lipinski definition) is 6. The minimum Gasteiger partial charge on any atom is -0.302 e. The van der Waals surface area contributed by atoms with Crippen molar-refractivity contribution in [1.29, 1.82) is 5.26 Å². The highest BCUT2D eigenvalue weighted by Gasteiger charge is 2.19. The van der Waals surface area contributed by atoms with E-state index < -0.39 is 0 Å². The molecule has 4 aromatic rings. The van der Waals surface area contributed by atoms with Gasteiger partial charge in [-0.2, -0.15) is 5.26 Å². The zero-order chi connectivity index (χ0) is 23.5. The van der Waals surface area contributed by atoms with E-state index in [0.29, 0.717) is 28.8 Å². The molecule has 0 spiro atoms. The quantitative estimate of drug-likeness (QED) is 0.317. The number of amides is 1. The molecule has 0 radical (unpaired) electrons. The summed E-state index contributed by atoms with van der Waals surface area (Å²) in [7, 11) is 0. The van der Waals surface area contributed by atoms with Gasteiger partial charge in [0.1, 0.15) is 11.1 Å². The minimum atomic E-state index is -0.0859. The summed E-state index contributed by atoms with van der Waals surface area (Å²) >= 11 is 2.90. The third-order valence-corrected chi connectivity index (χ3v) is 7.83. The smallest absolute Gasteiger partial charge is 0.226 e. The molecular formula is C27H24N4OS2. The van der Waals surface area contributed by atoms with Crippen LogP contribution in [-0.4, -0.2) is 21.6 Å². The van der Waals surface area contributed by atoms with E-state index in [9.17, 15) is 10.1 Å². The number of anilines is 1. The average molecular weight is 485 g/mol. The predicted molar refractivity (Wildman–Crippen MR) is 139 cm³/mol. The van der Waals surface area contributed by atoms with Crippen LogP contribution in [0.4, 0.5) is 5.13 Å². The van der Waals surface area contributed by atoms with Crippen molar-refractivity contribution in [1.82, 2.24) is 9.97 Å². The average Bonchev–Trinajstić information content (AvgIpc) is 3.31. The molecule has 5 nitrogen and oxygen atoms in total. The van der Waals surface area contributed by atoms with Crippen LogP contribution in [-0.2, 0) is 17.6 Å². The number of hydrogen-bond donors (Lipinski definition) is 1. The van der Waals surface area contributed by atoms with Gasteiger partial charge in [-0.1, -0.05) is 43.3 Å². The van der Waals surface area contributed by atoms with E-state index in [1.54, 1.807) is 0 Å². The third-order valence-electron chi connectivity index (χ3n) is 6.08. The maximum atomic E-state index is 12.5. The fourth-order valence-electron chi connectivity index (χ4n) is 4.25. The molecule has 0 saturated carbocycles. The number of fused-ring (bicyclic) bond motifs is 2. The Hall–Kier alpha value is -3.21. The van der Waals surface area contributed by atoms with Crippen LogP contribution in [0.25, 0.3) is 22.0 Å². The van der Waals surface area contributed by atoms with E-state index in [2.05, 4.69) is 53.6 Å². The molecule has 0 aliphatic heterocycles. The molecule has 5 rings (SSSR count). The van der Waals surface area contributed by atoms with Crippen molar-refractivity contribution in [2.75, 3.05) is 11.1 Å². The molecule has 0 saturated heterocycles. The second kappa shape index (κ2) is 9.96. The summed E-state index contributed by atoms with van der Waals surface area (Å²) in [4.78, 5) is 21.9. The number of thiazole rings is 1. The fraction of sp³-hybridized carbons (Fsp3) is 0.259. The Labute approximate surface area is 207 Å². The standard InChI is InChI=1S/C27H24N4OS2/c1-17-6-9-23-21(12-17)14-22(15-28)26(29-23)33-11-10-25(32)31-27-30-24(16-34-27)20-8-7-18-4-2-3-5-19(18)13-20/h2-5,7-8,13-14,16-17H,6,9-12H2,1H3,(H,30,31,32). The monoisotopic (exact) mass is 484 g/mol. The first-order valence-electron chi connectivity index (χ1n) is 11.4. The van der Waals surface area contributed by atoms with Crippen molar-refractivity contribution in [3.63, 3.8) is 0 Å². The number of benzene rings is 2. The molecular weight excluding hydrogens is 460 g/mol. The molecule has 7 heteroatoms. The van der Waals surface area contributed by atoms with Crippen LogP contribution in [0.3, 0.4) is 0 Å². The number of pyridine rings is 1. The molecule has 2 heterocycles. The van der Waals surface area contributed by atoms with E-state index in [0.717, 1.165) is 46.6 Å². The topological polar surface area (TPSA) is 78.7 Å². The van der Waals surface area contributed by atoms with E-state index >= 15 is 0 Å². The number of aryl methyl sites for hydroxylation is 1. The zero-order valence-corrected chi connectivity index (χ0v) is 20.5. The highest BCUT2D eigenvalue weighted by Crippen LogP contribution is 2.30. The fourth-order valence-corrected chi connectivity index (χ4v) is 5.90. The summed E-state index contributed by atoms with van der Waals surface area (Å²) in [6.45, 7) is 2.24. The summed E-state index contributed by atoms with van der Waals surface area (Å²) in [6, 6.07) is 18.7. The van der Waals surface area contributed by atoms with Gasteiger partial charge in [-0.25, -0.2) is 9.97 Å². The summed E-state index contributed by atoms with van der Waals surface area (Å²) < 4.78 is 0. The van der Waals surface area contributed by atoms with E-state index in [4.69, 9.17) is 4.98 Å². The van der Waals surface area contributed by atoms with E-state index in [1.165, 1.54) is 34.0 Å². The highest BCUT2D eigenvalue weighted by atomic mass is 32.2. The van der Waals surface area contributed by atoms with Gasteiger partial charge in [0.05, 0.1) is 11.3 Å². The number of carbonyl (C=O) groups is 1. The van der Waals surface area contributed by atoms with Crippen molar-refractivity contribution in [3.05, 3.63) is 70.7 Å². The second-order valence-corrected chi connectivity index (χ2v) is 10.6. The molecule has 170 valence electrons. The van der Waals surface area contributed by atoms with Crippen LogP contribution in [0, 0.1) is 17.2 Å². The lowest BCUT2D eigenvalue weighted by atomic mass is 9.87. The Morgan fingerprint density at radius 3 is 2.91 bits per heavy atom. The van der Waals surface area contributed by atoms with Gasteiger partial charge in [-0.3, -0.25) is 4.79 Å². The summed E-state index contributed by atoms with van der Waals surface area (Å²) in [5.74, 6) is 1.11. The highest BCUT2D eigenvalue weighted by molar-refractivity contribution is 7.99. The number of aromatic nitrogens is 2.